The van der Waals surface area contributed by atoms with Crippen LogP contribution in [-0.2, 0) is 26.1 Å². The van der Waals surface area contributed by atoms with Crippen molar-refractivity contribution < 1.29 is 17.9 Å². The van der Waals surface area contributed by atoms with E-state index in [1.54, 1.807) is 16.8 Å². The van der Waals surface area contributed by atoms with Crippen LogP contribution in [0.25, 0.3) is 0 Å². The first-order valence-electron chi connectivity index (χ1n) is 9.94. The summed E-state index contributed by atoms with van der Waals surface area (Å²) in [4.78, 5) is 20.7. The number of hydrogen-bond donors (Lipinski definition) is 0. The molecule has 10 heteroatoms. The molecule has 0 N–H and O–H groups in total. The Morgan fingerprint density at radius 1 is 1.25 bits per heavy atom. The highest BCUT2D eigenvalue weighted by atomic mass is 32.2. The Morgan fingerprint density at radius 2 is 2.04 bits per heavy atom. The van der Waals surface area contributed by atoms with Crippen LogP contribution in [0.1, 0.15) is 19.3 Å². The van der Waals surface area contributed by atoms with Crippen molar-refractivity contribution in [1.82, 2.24) is 23.7 Å². The molecule has 2 fully saturated rings. The maximum atomic E-state index is 12.6. The summed E-state index contributed by atoms with van der Waals surface area (Å²) in [6.07, 6.45) is 8.51. The standard InChI is InChI=1S/C18H31N5O4S/c1-28(25,26)23(10-9-20-11-13-27-14-12-20)17-3-2-6-22(15-17)18(24)4-7-21-8-5-19-16-21/h5,8,16-17H,2-4,6-7,9-15H2,1H3. The van der Waals surface area contributed by atoms with Gasteiger partial charge in [-0.15, -0.1) is 0 Å². The van der Waals surface area contributed by atoms with Crippen LogP contribution in [0.3, 0.4) is 0 Å². The fraction of sp³-hybridized carbons (Fsp3) is 0.778. The van der Waals surface area contributed by atoms with Crippen molar-refractivity contribution in [3.8, 4) is 0 Å². The highest BCUT2D eigenvalue weighted by Crippen LogP contribution is 2.19. The van der Waals surface area contributed by atoms with E-state index in [-0.39, 0.29) is 11.9 Å². The largest absolute Gasteiger partial charge is 0.379 e. The van der Waals surface area contributed by atoms with Crippen molar-refractivity contribution in [2.24, 2.45) is 0 Å². The molecule has 1 atom stereocenters. The summed E-state index contributed by atoms with van der Waals surface area (Å²) in [7, 11) is -3.34. The Morgan fingerprint density at radius 3 is 2.71 bits per heavy atom. The molecule has 0 radical (unpaired) electrons. The fourth-order valence-electron chi connectivity index (χ4n) is 3.90. The third kappa shape index (κ3) is 6.00. The molecule has 2 aliphatic heterocycles. The summed E-state index contributed by atoms with van der Waals surface area (Å²) >= 11 is 0. The van der Waals surface area contributed by atoms with Gasteiger partial charge in [0, 0.05) is 70.7 Å². The molecule has 9 nitrogen and oxygen atoms in total. The van der Waals surface area contributed by atoms with Crippen molar-refractivity contribution in [2.75, 3.05) is 58.7 Å². The topological polar surface area (TPSA) is 88.0 Å². The number of sulfonamides is 1. The number of nitrogens with zero attached hydrogens (tertiary/aromatic N) is 5. The van der Waals surface area contributed by atoms with E-state index in [1.807, 2.05) is 15.7 Å². The molecular weight excluding hydrogens is 382 g/mol. The highest BCUT2D eigenvalue weighted by molar-refractivity contribution is 7.88. The molecule has 1 amide bonds. The average Bonchev–Trinajstić information content (AvgIpc) is 3.20. The van der Waals surface area contributed by atoms with Gasteiger partial charge < -0.3 is 14.2 Å². The number of morpholine rings is 1. The monoisotopic (exact) mass is 413 g/mol. The fourth-order valence-corrected chi connectivity index (χ4v) is 5.03. The molecule has 0 saturated carbocycles. The third-order valence-electron chi connectivity index (χ3n) is 5.47. The first-order chi connectivity index (χ1) is 13.4. The van der Waals surface area contributed by atoms with E-state index in [0.29, 0.717) is 52.4 Å². The second-order valence-corrected chi connectivity index (χ2v) is 9.45. The molecule has 1 aromatic rings. The van der Waals surface area contributed by atoms with Gasteiger partial charge in [-0.05, 0) is 12.8 Å². The zero-order chi connectivity index (χ0) is 20.0. The van der Waals surface area contributed by atoms with Gasteiger partial charge in [0.15, 0.2) is 0 Å². The number of rotatable bonds is 8. The first-order valence-corrected chi connectivity index (χ1v) is 11.8. The summed E-state index contributed by atoms with van der Waals surface area (Å²) in [6, 6.07) is -0.151. The Labute approximate surface area is 167 Å². The quantitative estimate of drug-likeness (QED) is 0.589. The molecule has 0 aliphatic carbocycles. The van der Waals surface area contributed by atoms with E-state index >= 15 is 0 Å². The van der Waals surface area contributed by atoms with Crippen LogP contribution in [0.5, 0.6) is 0 Å². The van der Waals surface area contributed by atoms with Crippen LogP contribution in [-0.4, -0.2) is 103 Å². The van der Waals surface area contributed by atoms with Gasteiger partial charge in [0.2, 0.25) is 15.9 Å². The predicted octanol–water partition coefficient (Wildman–Crippen LogP) is -0.142. The zero-order valence-electron chi connectivity index (χ0n) is 16.6. The van der Waals surface area contributed by atoms with Gasteiger partial charge in [0.1, 0.15) is 0 Å². The SMILES string of the molecule is CS(=O)(=O)N(CCN1CCOCC1)C1CCCN(C(=O)CCn2ccnc2)C1. The lowest BCUT2D eigenvalue weighted by molar-refractivity contribution is -0.133. The first kappa shape index (κ1) is 21.2. The lowest BCUT2D eigenvalue weighted by Crippen LogP contribution is -2.53. The Bertz CT molecular complexity index is 718. The number of likely N-dealkylation sites (tertiary alicyclic amines) is 1. The molecule has 3 heterocycles. The van der Waals surface area contributed by atoms with Crippen LogP contribution in [0, 0.1) is 0 Å². The molecule has 1 aromatic heterocycles. The van der Waals surface area contributed by atoms with Crippen LogP contribution < -0.4 is 0 Å². The summed E-state index contributed by atoms with van der Waals surface area (Å²) in [5.74, 6) is 0.0695. The lowest BCUT2D eigenvalue weighted by Gasteiger charge is -2.39. The van der Waals surface area contributed by atoms with Crippen molar-refractivity contribution in [1.29, 1.82) is 0 Å². The number of carbonyl (C=O) groups is 1. The van der Waals surface area contributed by atoms with Crippen LogP contribution in [0.2, 0.25) is 0 Å². The van der Waals surface area contributed by atoms with Gasteiger partial charge >= 0.3 is 0 Å². The van der Waals surface area contributed by atoms with Crippen LogP contribution in [0.4, 0.5) is 0 Å². The van der Waals surface area contributed by atoms with E-state index in [1.165, 1.54) is 6.26 Å². The second kappa shape index (κ2) is 9.82. The Kier molecular flexibility index (Phi) is 7.44. The molecule has 0 aromatic carbocycles. The molecule has 0 bridgehead atoms. The number of aromatic nitrogens is 2. The van der Waals surface area contributed by atoms with E-state index in [9.17, 15) is 13.2 Å². The number of carbonyl (C=O) groups excluding carboxylic acids is 1. The number of imidazole rings is 1. The summed E-state index contributed by atoms with van der Waals surface area (Å²) < 4.78 is 33.7. The number of ether oxygens (including phenoxy) is 1. The number of hydrogen-bond acceptors (Lipinski definition) is 6. The Hall–Kier alpha value is -1.49. The molecule has 158 valence electrons. The highest BCUT2D eigenvalue weighted by Gasteiger charge is 2.32. The van der Waals surface area contributed by atoms with Gasteiger partial charge in [-0.2, -0.15) is 4.31 Å². The van der Waals surface area contributed by atoms with Gasteiger partial charge in [0.25, 0.3) is 0 Å². The smallest absolute Gasteiger partial charge is 0.224 e. The van der Waals surface area contributed by atoms with E-state index in [0.717, 1.165) is 25.9 Å². The summed E-state index contributed by atoms with van der Waals surface area (Å²) in [5, 5.41) is 0. The van der Waals surface area contributed by atoms with Crippen molar-refractivity contribution in [3.63, 3.8) is 0 Å². The molecule has 28 heavy (non-hydrogen) atoms. The molecule has 1 unspecified atom stereocenters. The molecule has 2 aliphatic rings. The molecule has 2 saturated heterocycles. The van der Waals surface area contributed by atoms with Crippen LogP contribution >= 0.6 is 0 Å². The zero-order valence-corrected chi connectivity index (χ0v) is 17.4. The maximum Gasteiger partial charge on any atom is 0.224 e. The van der Waals surface area contributed by atoms with Gasteiger partial charge in [-0.3, -0.25) is 9.69 Å². The van der Waals surface area contributed by atoms with Crippen LogP contribution in [0.15, 0.2) is 18.7 Å². The maximum absolute atomic E-state index is 12.6. The van der Waals surface area contributed by atoms with Crippen molar-refractivity contribution in [3.05, 3.63) is 18.7 Å². The molecule has 0 spiro atoms. The van der Waals surface area contributed by atoms with Gasteiger partial charge in [-0.25, -0.2) is 13.4 Å². The normalized spacial score (nSPS) is 21.9. The number of aryl methyl sites for hydroxylation is 1. The molecule has 3 rings (SSSR count). The van der Waals surface area contributed by atoms with Crippen molar-refractivity contribution in [2.45, 2.75) is 31.8 Å². The van der Waals surface area contributed by atoms with E-state index in [2.05, 4.69) is 9.88 Å². The minimum Gasteiger partial charge on any atom is -0.379 e. The minimum absolute atomic E-state index is 0.0695. The lowest BCUT2D eigenvalue weighted by atomic mass is 10.1. The minimum atomic E-state index is -3.34. The second-order valence-electron chi connectivity index (χ2n) is 7.51. The average molecular weight is 414 g/mol. The van der Waals surface area contributed by atoms with E-state index in [4.69, 9.17) is 4.74 Å². The Balaban J connectivity index is 1.56. The predicted molar refractivity (Wildman–Crippen MR) is 105 cm³/mol. The summed E-state index contributed by atoms with van der Waals surface area (Å²) in [5.41, 5.74) is 0. The summed E-state index contributed by atoms with van der Waals surface area (Å²) in [6.45, 7) is 5.97. The van der Waals surface area contributed by atoms with E-state index < -0.39 is 10.0 Å². The van der Waals surface area contributed by atoms with Gasteiger partial charge in [0.05, 0.1) is 25.8 Å². The number of amides is 1. The number of piperidine rings is 1. The molecular formula is C18H31N5O4S. The third-order valence-corrected chi connectivity index (χ3v) is 6.80. The van der Waals surface area contributed by atoms with Crippen molar-refractivity contribution >= 4 is 15.9 Å². The van der Waals surface area contributed by atoms with Gasteiger partial charge in [-0.1, -0.05) is 0 Å².